The predicted molar refractivity (Wildman–Crippen MR) is 567 cm³/mol. The standard InChI is InChI=1S/C62H87N9O12.C50H74N6O8S/c1-9-54(73)53(21-15-29-65-60(63)78)66-59(77)51(42(2)3)39-46(72)22-23-56(75)70(33-35-81-37-36-80-34-27-57(76)83-62(4,5)6)44-24-30-69(31-25-44)55(74)26-32-71-45(38-43-16-14-28-64-58(43)71)40-67(7)68(8)61(79)82-41-52-49-19-12-10-17-47(49)48-18-11-13-20-50(48)52;1-13-34(7)44(54(9)49(60)42(31(2)3)53-47(59)43(32(4)5)55(10)50(61)64-30-37-23-21-33(6)22-24-37)40(62-11)29-41(57)56-26-17-20-39(56)45(63-12)35(8)46(58)52-38(48-51-25-27-65-48)28-36-18-15-14-16-19-36/h10-14,16-20,28,38,42,44,51-53H,9,15,21-27,29-37,39-41H2,1-8H3,(H,66,77)(H3,63,65,78);14-16,18-19,21-25,27,31-32,34-35,38-40,42-45H,13,17,20,26,28-30H2,1-12H3,(H,52,58)(H,53,59)/t51-,53-;34-,35+,38-,39-,40+,42-,43-,44-,45+/m00/s1. The summed E-state index contributed by atoms with van der Waals surface area (Å²) in [6.45, 7) is 29.5. The van der Waals surface area contributed by atoms with E-state index >= 15 is 0 Å². The maximum atomic E-state index is 14.6. The molecule has 1 aliphatic carbocycles. The first-order valence-electron chi connectivity index (χ1n) is 52.2. The maximum Gasteiger partial charge on any atom is 0.424 e. The number of methoxy groups -OCH3 is 2. The number of nitrogens with zero attached hydrogens (tertiary/aromatic N) is 10. The minimum atomic E-state index is -0.938. The number of piperidine rings is 1. The first-order chi connectivity index (χ1) is 70.6. The molecule has 36 heteroatoms. The number of likely N-dealkylation sites (N-methyl/N-ethyl adjacent to an activating group) is 2. The third-order valence-electron chi connectivity index (χ3n) is 28.2. The Balaban J connectivity index is 0.000000339. The van der Waals surface area contributed by atoms with Crippen molar-refractivity contribution < 1.29 is 95.5 Å². The van der Waals surface area contributed by atoms with Crippen LogP contribution < -0.4 is 27.0 Å². The topological polar surface area (TPSA) is 414 Å². The molecule has 0 bridgehead atoms. The number of aromatic nitrogens is 3. The minimum Gasteiger partial charge on any atom is -0.460 e. The molecule has 810 valence electrons. The summed E-state index contributed by atoms with van der Waals surface area (Å²) in [5.41, 5.74) is 13.7. The van der Waals surface area contributed by atoms with Gasteiger partial charge in [0.2, 0.25) is 41.4 Å². The summed E-state index contributed by atoms with van der Waals surface area (Å²) in [6.07, 6.45) is 5.57. The molecule has 3 aromatic heterocycles. The summed E-state index contributed by atoms with van der Waals surface area (Å²) in [6, 6.07) is 35.1. The number of hydrazine groups is 1. The number of carbonyl (C=O) groups excluding carboxylic acids is 13. The highest BCUT2D eigenvalue weighted by molar-refractivity contribution is 7.09. The van der Waals surface area contributed by atoms with Crippen LogP contribution in [0.5, 0.6) is 0 Å². The Morgan fingerprint density at radius 1 is 0.635 bits per heavy atom. The number of likely N-dealkylation sites (tertiary alicyclic amines) is 2. The van der Waals surface area contributed by atoms with E-state index in [2.05, 4.69) is 55.5 Å². The number of nitrogens with two attached hydrogens (primary N) is 1. The second-order valence-corrected chi connectivity index (χ2v) is 42.0. The van der Waals surface area contributed by atoms with Crippen LogP contribution in [-0.2, 0) is 107 Å². The summed E-state index contributed by atoms with van der Waals surface area (Å²) >= 11 is 1.49. The van der Waals surface area contributed by atoms with Crippen molar-refractivity contribution in [3.05, 3.63) is 178 Å². The molecule has 7 aromatic rings. The number of rotatable bonds is 55. The van der Waals surface area contributed by atoms with Gasteiger partial charge in [-0.15, -0.1) is 11.3 Å². The lowest BCUT2D eigenvalue weighted by Gasteiger charge is -2.41. The van der Waals surface area contributed by atoms with Gasteiger partial charge in [0.15, 0.2) is 5.78 Å². The van der Waals surface area contributed by atoms with Gasteiger partial charge in [0.1, 0.15) is 47.3 Å². The number of benzene rings is 4. The summed E-state index contributed by atoms with van der Waals surface area (Å²) in [4.78, 5) is 193. The normalized spacial score (nSPS) is 15.7. The van der Waals surface area contributed by atoms with Gasteiger partial charge in [-0.25, -0.2) is 34.4 Å². The fourth-order valence-corrected chi connectivity index (χ4v) is 20.4. The molecule has 3 aliphatic rings. The number of urea groups is 1. The minimum absolute atomic E-state index is 0.0105. The Morgan fingerprint density at radius 3 is 1.91 bits per heavy atom. The molecule has 11 amide bonds. The van der Waals surface area contributed by atoms with Gasteiger partial charge in [-0.05, 0) is 148 Å². The molecule has 0 unspecified atom stereocenters. The smallest absolute Gasteiger partial charge is 0.424 e. The number of Topliss-reactive ketones (excluding diaryl/α,β-unsaturated/α-hetero) is 2. The highest BCUT2D eigenvalue weighted by Gasteiger charge is 2.46. The fraction of sp³-hybridized carbons (Fsp3) is 0.580. The summed E-state index contributed by atoms with van der Waals surface area (Å²) in [7, 11) is 9.84. The lowest BCUT2D eigenvalue weighted by molar-refractivity contribution is -0.156. The number of carbonyl (C=O) groups is 13. The number of hydrogen-bond donors (Lipinski definition) is 5. The van der Waals surface area contributed by atoms with Crippen molar-refractivity contribution in [2.75, 3.05) is 108 Å². The number of pyridine rings is 1. The molecule has 2 saturated heterocycles. The molecule has 0 spiro atoms. The lowest BCUT2D eigenvalue weighted by Crippen LogP contribution is -2.60. The van der Waals surface area contributed by atoms with Gasteiger partial charge < -0.3 is 84.3 Å². The van der Waals surface area contributed by atoms with Crippen molar-refractivity contribution in [1.82, 2.24) is 70.3 Å². The Bertz CT molecular complexity index is 5430. The van der Waals surface area contributed by atoms with Crippen molar-refractivity contribution in [3.63, 3.8) is 0 Å². The van der Waals surface area contributed by atoms with E-state index in [9.17, 15) is 62.3 Å². The van der Waals surface area contributed by atoms with Gasteiger partial charge in [-0.3, -0.25) is 52.8 Å². The molecule has 35 nitrogen and oxygen atoms in total. The summed E-state index contributed by atoms with van der Waals surface area (Å²) < 4.78 is 42.5. The molecule has 2 aliphatic heterocycles. The third-order valence-corrected chi connectivity index (χ3v) is 29.1. The molecule has 5 heterocycles. The molecule has 2 fully saturated rings. The van der Waals surface area contributed by atoms with Gasteiger partial charge in [0, 0.05) is 161 Å². The largest absolute Gasteiger partial charge is 0.460 e. The third kappa shape index (κ3) is 34.7. The lowest BCUT2D eigenvalue weighted by atomic mass is 9.88. The van der Waals surface area contributed by atoms with Crippen LogP contribution in [0.1, 0.15) is 230 Å². The molecule has 0 radical (unpaired) electrons. The summed E-state index contributed by atoms with van der Waals surface area (Å²) in [5.74, 6) is -5.02. The second-order valence-electron chi connectivity index (χ2n) is 41.0. The zero-order valence-corrected chi connectivity index (χ0v) is 91.3. The number of ether oxygens (including phenoxy) is 7. The first-order valence-corrected chi connectivity index (χ1v) is 53.1. The van der Waals surface area contributed by atoms with Crippen LogP contribution in [0, 0.1) is 42.4 Å². The van der Waals surface area contributed by atoms with E-state index in [1.165, 1.54) is 28.3 Å². The quantitative estimate of drug-likeness (QED) is 0.0102. The zero-order valence-electron chi connectivity index (χ0n) is 90.4. The van der Waals surface area contributed by atoms with Crippen LogP contribution in [0.2, 0.25) is 0 Å². The number of fused-ring (bicyclic) bond motifs is 4. The van der Waals surface area contributed by atoms with E-state index < -0.39 is 83.8 Å². The van der Waals surface area contributed by atoms with E-state index in [0.717, 1.165) is 67.1 Å². The predicted octanol–water partition coefficient (Wildman–Crippen LogP) is 14.4. The van der Waals surface area contributed by atoms with Gasteiger partial charge in [0.05, 0.1) is 88.1 Å². The number of aryl methyl sites for hydroxylation is 2. The summed E-state index contributed by atoms with van der Waals surface area (Å²) in [5, 5.41) is 18.4. The van der Waals surface area contributed by atoms with Crippen molar-refractivity contribution in [2.24, 2.45) is 41.2 Å². The molecule has 6 N–H and O–H groups in total. The van der Waals surface area contributed by atoms with Crippen LogP contribution >= 0.6 is 11.3 Å². The second kappa shape index (κ2) is 58.8. The highest BCUT2D eigenvalue weighted by Crippen LogP contribution is 2.45. The van der Waals surface area contributed by atoms with Crippen LogP contribution in [-0.4, -0.2) is 288 Å². The molecular weight excluding hydrogens is 1910 g/mol. The monoisotopic (exact) mass is 2070 g/mol. The molecule has 148 heavy (non-hydrogen) atoms. The highest BCUT2D eigenvalue weighted by atomic mass is 32.1. The fourth-order valence-electron chi connectivity index (χ4n) is 19.8. The zero-order chi connectivity index (χ0) is 108. The van der Waals surface area contributed by atoms with E-state index in [4.69, 9.17) is 38.9 Å². The van der Waals surface area contributed by atoms with Crippen molar-refractivity contribution in [2.45, 2.75) is 279 Å². The van der Waals surface area contributed by atoms with Gasteiger partial charge in [-0.2, -0.15) is 0 Å². The molecule has 10 rings (SSSR count). The van der Waals surface area contributed by atoms with E-state index in [-0.39, 0.29) is 199 Å². The number of nitrogens with one attached hydrogen (secondary N) is 4. The Labute approximate surface area is 877 Å². The SMILES string of the molecule is CCC(=O)[C@H](CCCNC(N)=O)NC(=O)[C@@H](CC(=O)CCC(=O)N(CCOCCOCCC(=O)OC(C)(C)C)C1CCN(C(=O)CCn2c(CN(C)N(C)C(=O)OCC3c4ccccc4-c4ccccc43)cc3cccnc32)CC1)C(C)C.CC[C@H](C)[C@@H]([C@@H](CC(=O)N1CCC[C@H]1[C@H](OC)[C@@H](C)C(=O)N[C@@H](Cc1ccccc1)c1nccs1)OC)N(C)C(=O)[C@@H](NC(=O)[C@H](C(C)C)N(C)C(=O)OCc1ccc(C)cc1)C(C)C. The van der Waals surface area contributed by atoms with Crippen LogP contribution in [0.15, 0.2) is 139 Å². The molecule has 4 aromatic carbocycles. The number of esters is 1. The van der Waals surface area contributed by atoms with Gasteiger partial charge in [-0.1, -0.05) is 184 Å². The van der Waals surface area contributed by atoms with Crippen LogP contribution in [0.25, 0.3) is 22.2 Å². The maximum absolute atomic E-state index is 14.6. The molecule has 0 saturated carbocycles. The van der Waals surface area contributed by atoms with Gasteiger partial charge in [0.25, 0.3) is 0 Å². The average Bonchev–Trinajstić information content (AvgIpc) is 1.61. The Kier molecular flexibility index (Phi) is 47.4. The van der Waals surface area contributed by atoms with Crippen molar-refractivity contribution in [1.29, 1.82) is 0 Å². The van der Waals surface area contributed by atoms with Crippen LogP contribution in [0.3, 0.4) is 0 Å². The average molecular weight is 2070 g/mol. The number of hydrogen-bond acceptors (Lipinski definition) is 24. The number of ketones is 2. The number of primary amides is 1. The van der Waals surface area contributed by atoms with E-state index in [0.29, 0.717) is 71.2 Å². The molecule has 11 atom stereocenters. The Morgan fingerprint density at radius 2 is 1.30 bits per heavy atom. The number of thiazole rings is 1. The number of amides is 11. The van der Waals surface area contributed by atoms with Crippen molar-refractivity contribution >= 4 is 99.5 Å². The first kappa shape index (κ1) is 119. The Hall–Kier alpha value is -12.1. The van der Waals surface area contributed by atoms with E-state index in [1.807, 2.05) is 193 Å². The molecular formula is C112H161N15O20S. The van der Waals surface area contributed by atoms with Crippen LogP contribution in [0.4, 0.5) is 14.4 Å². The van der Waals surface area contributed by atoms with E-state index in [1.54, 1.807) is 83.2 Å². The van der Waals surface area contributed by atoms with Gasteiger partial charge >= 0.3 is 24.2 Å². The van der Waals surface area contributed by atoms with Crippen molar-refractivity contribution in [3.8, 4) is 11.1 Å².